The Morgan fingerprint density at radius 1 is 0.864 bits per heavy atom. The van der Waals surface area contributed by atoms with Crippen LogP contribution in [0.15, 0.2) is 24.3 Å². The first-order valence-corrected chi connectivity index (χ1v) is 7.82. The zero-order valence-electron chi connectivity index (χ0n) is 10.4. The van der Waals surface area contributed by atoms with Crippen LogP contribution in [0, 0.1) is 0 Å². The van der Waals surface area contributed by atoms with Crippen LogP contribution in [0.2, 0.25) is 30.1 Å². The molecule has 116 valence electrons. The van der Waals surface area contributed by atoms with Gasteiger partial charge in [0.15, 0.2) is 0 Å². The summed E-state index contributed by atoms with van der Waals surface area (Å²) < 4.78 is 0. The zero-order chi connectivity index (χ0) is 16.6. The fourth-order valence-electron chi connectivity index (χ4n) is 1.74. The molecule has 0 atom stereocenters. The predicted molar refractivity (Wildman–Crippen MR) is 93.1 cm³/mol. The lowest BCUT2D eigenvalue weighted by Gasteiger charge is -2.23. The van der Waals surface area contributed by atoms with Crippen LogP contribution in [0.5, 0.6) is 0 Å². The Morgan fingerprint density at radius 2 is 1.36 bits per heavy atom. The van der Waals surface area contributed by atoms with Crippen molar-refractivity contribution in [3.05, 3.63) is 54.4 Å². The Kier molecular flexibility index (Phi) is 5.59. The van der Waals surface area contributed by atoms with Crippen LogP contribution < -0.4 is 4.90 Å². The van der Waals surface area contributed by atoms with Gasteiger partial charge in [-0.25, -0.2) is 9.69 Å². The Labute approximate surface area is 155 Å². The molecule has 22 heavy (non-hydrogen) atoms. The summed E-state index contributed by atoms with van der Waals surface area (Å²) in [6.45, 7) is 0. The van der Waals surface area contributed by atoms with E-state index in [0.717, 1.165) is 4.90 Å². The average molecular weight is 420 g/mol. The zero-order valence-corrected chi connectivity index (χ0v) is 14.9. The van der Waals surface area contributed by atoms with Gasteiger partial charge in [-0.2, -0.15) is 0 Å². The van der Waals surface area contributed by atoms with Gasteiger partial charge < -0.3 is 5.11 Å². The monoisotopic (exact) mass is 417 g/mol. The molecule has 0 aromatic heterocycles. The second-order valence-electron chi connectivity index (χ2n) is 4.02. The number of hydrogen-bond acceptors (Lipinski definition) is 1. The number of rotatable bonds is 2. The van der Waals surface area contributed by atoms with Crippen molar-refractivity contribution in [2.75, 3.05) is 4.90 Å². The van der Waals surface area contributed by atoms with Gasteiger partial charge >= 0.3 is 6.09 Å². The van der Waals surface area contributed by atoms with Crippen molar-refractivity contribution in [2.45, 2.75) is 0 Å². The quantitative estimate of drug-likeness (QED) is 0.406. The van der Waals surface area contributed by atoms with E-state index in [2.05, 4.69) is 0 Å². The molecule has 0 spiro atoms. The summed E-state index contributed by atoms with van der Waals surface area (Å²) in [5.41, 5.74) is 0.121. The van der Waals surface area contributed by atoms with E-state index >= 15 is 0 Å². The lowest BCUT2D eigenvalue weighted by Crippen LogP contribution is -2.24. The standard InChI is InChI=1S/C13H5Cl6NO2/c14-5-2-1-3-6(4-5)20(13(21)22)12-10(18)8(16)7(15)9(17)11(12)19/h1-4H,(H,21,22). The van der Waals surface area contributed by atoms with E-state index in [9.17, 15) is 9.90 Å². The highest BCUT2D eigenvalue weighted by Crippen LogP contribution is 2.50. The van der Waals surface area contributed by atoms with E-state index < -0.39 is 6.09 Å². The van der Waals surface area contributed by atoms with Crippen molar-refractivity contribution >= 4 is 87.1 Å². The normalized spacial score (nSPS) is 10.6. The second-order valence-corrected chi connectivity index (χ2v) is 6.34. The third kappa shape index (κ3) is 3.21. The first-order chi connectivity index (χ1) is 10.3. The minimum atomic E-state index is -1.35. The summed E-state index contributed by atoms with van der Waals surface area (Å²) in [5.74, 6) is 0. The minimum Gasteiger partial charge on any atom is -0.464 e. The summed E-state index contributed by atoms with van der Waals surface area (Å²) in [7, 11) is 0. The SMILES string of the molecule is O=C(O)N(c1cccc(Cl)c1)c1c(Cl)c(Cl)c(Cl)c(Cl)c1Cl. The van der Waals surface area contributed by atoms with Gasteiger partial charge in [-0.05, 0) is 18.2 Å². The molecule has 2 aromatic carbocycles. The maximum Gasteiger partial charge on any atom is 0.416 e. The van der Waals surface area contributed by atoms with E-state index in [1.165, 1.54) is 12.1 Å². The molecule has 1 N–H and O–H groups in total. The van der Waals surface area contributed by atoms with Crippen molar-refractivity contribution in [1.29, 1.82) is 0 Å². The highest BCUT2D eigenvalue weighted by atomic mass is 35.5. The lowest BCUT2D eigenvalue weighted by molar-refractivity contribution is 0.205. The lowest BCUT2D eigenvalue weighted by atomic mass is 10.2. The van der Waals surface area contributed by atoms with Gasteiger partial charge in [0.2, 0.25) is 0 Å². The van der Waals surface area contributed by atoms with Gasteiger partial charge in [0.25, 0.3) is 0 Å². The number of carbonyl (C=O) groups is 1. The number of benzene rings is 2. The van der Waals surface area contributed by atoms with Crippen molar-refractivity contribution in [2.24, 2.45) is 0 Å². The van der Waals surface area contributed by atoms with Gasteiger partial charge in [0, 0.05) is 5.02 Å². The van der Waals surface area contributed by atoms with Gasteiger partial charge in [-0.1, -0.05) is 75.7 Å². The fraction of sp³-hybridized carbons (Fsp3) is 0. The van der Waals surface area contributed by atoms with Crippen molar-refractivity contribution in [3.8, 4) is 0 Å². The van der Waals surface area contributed by atoms with Crippen LogP contribution in [0.4, 0.5) is 16.2 Å². The van der Waals surface area contributed by atoms with Gasteiger partial charge in [0.1, 0.15) is 0 Å². The predicted octanol–water partition coefficient (Wildman–Crippen LogP) is 7.42. The average Bonchev–Trinajstić information content (AvgIpc) is 2.47. The van der Waals surface area contributed by atoms with Crippen molar-refractivity contribution in [1.82, 2.24) is 0 Å². The first-order valence-electron chi connectivity index (χ1n) is 5.55. The van der Waals surface area contributed by atoms with Crippen LogP contribution in [0.25, 0.3) is 0 Å². The summed E-state index contributed by atoms with van der Waals surface area (Å²) in [5, 5.41) is 9.33. The van der Waals surface area contributed by atoms with Crippen LogP contribution in [0.1, 0.15) is 0 Å². The maximum atomic E-state index is 11.7. The Morgan fingerprint density at radius 3 is 1.82 bits per heavy atom. The topological polar surface area (TPSA) is 40.5 Å². The Hall–Kier alpha value is -0.550. The van der Waals surface area contributed by atoms with Crippen LogP contribution in [-0.2, 0) is 0 Å². The molecule has 3 nitrogen and oxygen atoms in total. The molecule has 0 radical (unpaired) electrons. The molecule has 2 rings (SSSR count). The van der Waals surface area contributed by atoms with E-state index in [1.54, 1.807) is 12.1 Å². The molecule has 0 bridgehead atoms. The smallest absolute Gasteiger partial charge is 0.416 e. The molecule has 0 aliphatic carbocycles. The van der Waals surface area contributed by atoms with Crippen LogP contribution >= 0.6 is 69.6 Å². The molecule has 0 unspecified atom stereocenters. The maximum absolute atomic E-state index is 11.7. The fourth-order valence-corrected chi connectivity index (χ4v) is 3.22. The van der Waals surface area contributed by atoms with E-state index in [-0.39, 0.29) is 36.5 Å². The number of carboxylic acid groups (broad SMARTS) is 1. The van der Waals surface area contributed by atoms with Gasteiger partial charge in [0.05, 0.1) is 36.5 Å². The molecule has 0 saturated carbocycles. The Bertz CT molecular complexity index is 735. The largest absolute Gasteiger partial charge is 0.464 e. The highest BCUT2D eigenvalue weighted by molar-refractivity contribution is 6.57. The number of nitrogens with zero attached hydrogens (tertiary/aromatic N) is 1. The summed E-state index contributed by atoms with van der Waals surface area (Å²) in [6, 6.07) is 6.12. The highest BCUT2D eigenvalue weighted by Gasteiger charge is 2.28. The third-order valence-corrected chi connectivity index (χ3v) is 5.16. The first kappa shape index (κ1) is 17.8. The Balaban J connectivity index is 2.78. The number of anilines is 2. The molecule has 0 aliphatic rings. The van der Waals surface area contributed by atoms with E-state index in [1.807, 2.05) is 0 Å². The summed E-state index contributed by atoms with van der Waals surface area (Å²) >= 11 is 35.9. The van der Waals surface area contributed by atoms with E-state index in [0.29, 0.717) is 5.02 Å². The van der Waals surface area contributed by atoms with Gasteiger partial charge in [-0.15, -0.1) is 0 Å². The van der Waals surface area contributed by atoms with E-state index in [4.69, 9.17) is 69.6 Å². The molecule has 0 heterocycles. The molecular formula is C13H5Cl6NO2. The second kappa shape index (κ2) is 6.91. The number of amides is 1. The van der Waals surface area contributed by atoms with Crippen molar-refractivity contribution < 1.29 is 9.90 Å². The van der Waals surface area contributed by atoms with Crippen LogP contribution in [-0.4, -0.2) is 11.2 Å². The number of halogens is 6. The van der Waals surface area contributed by atoms with Crippen molar-refractivity contribution in [3.63, 3.8) is 0 Å². The summed E-state index contributed by atoms with van der Waals surface area (Å²) in [6.07, 6.45) is -1.35. The molecule has 1 amide bonds. The number of hydrogen-bond donors (Lipinski definition) is 1. The summed E-state index contributed by atoms with van der Waals surface area (Å²) in [4.78, 5) is 12.5. The van der Waals surface area contributed by atoms with Gasteiger partial charge in [-0.3, -0.25) is 0 Å². The molecule has 0 saturated heterocycles. The van der Waals surface area contributed by atoms with Crippen LogP contribution in [0.3, 0.4) is 0 Å². The molecule has 9 heteroatoms. The molecule has 2 aromatic rings. The third-order valence-electron chi connectivity index (χ3n) is 2.67. The molecule has 0 fully saturated rings. The molecule has 0 aliphatic heterocycles. The minimum absolute atomic E-state index is 0.0569. The molecular weight excluding hydrogens is 415 g/mol.